The van der Waals surface area contributed by atoms with Gasteiger partial charge >= 0.3 is 0 Å². The molecule has 34 heavy (non-hydrogen) atoms. The first-order chi connectivity index (χ1) is 16.4. The van der Waals surface area contributed by atoms with Gasteiger partial charge in [-0.3, -0.25) is 14.4 Å². The molecule has 1 aliphatic carbocycles. The van der Waals surface area contributed by atoms with Crippen LogP contribution in [0.4, 0.5) is 0 Å². The first-order valence-electron chi connectivity index (χ1n) is 12.0. The molecule has 0 spiro atoms. The molecule has 7 nitrogen and oxygen atoms in total. The summed E-state index contributed by atoms with van der Waals surface area (Å²) in [6, 6.07) is 15.4. The lowest BCUT2D eigenvalue weighted by molar-refractivity contribution is -0.169. The number of aliphatic hydroxyl groups is 1. The smallest absolute Gasteiger partial charge is 0.253 e. The molecule has 2 aromatic rings. The summed E-state index contributed by atoms with van der Waals surface area (Å²) in [5.74, 6) is 0.0869. The Hall–Kier alpha value is -3.19. The van der Waals surface area contributed by atoms with Gasteiger partial charge in [-0.1, -0.05) is 42.8 Å². The summed E-state index contributed by atoms with van der Waals surface area (Å²) in [5.41, 5.74) is 3.76. The fourth-order valence-electron chi connectivity index (χ4n) is 5.54. The van der Waals surface area contributed by atoms with E-state index in [-0.39, 0.29) is 54.8 Å². The van der Waals surface area contributed by atoms with Crippen molar-refractivity contribution in [1.82, 2.24) is 14.7 Å². The van der Waals surface area contributed by atoms with E-state index in [4.69, 9.17) is 0 Å². The molecule has 1 saturated carbocycles. The van der Waals surface area contributed by atoms with E-state index in [1.54, 1.807) is 28.8 Å². The number of piperazine rings is 1. The van der Waals surface area contributed by atoms with Crippen molar-refractivity contribution in [3.63, 3.8) is 0 Å². The van der Waals surface area contributed by atoms with E-state index in [0.717, 1.165) is 36.0 Å². The molecule has 0 radical (unpaired) electrons. The van der Waals surface area contributed by atoms with Gasteiger partial charge in [-0.05, 0) is 41.7 Å². The minimum Gasteiger partial charge on any atom is -0.394 e. The second-order valence-corrected chi connectivity index (χ2v) is 9.89. The Labute approximate surface area is 200 Å². The van der Waals surface area contributed by atoms with Gasteiger partial charge in [0.2, 0.25) is 11.8 Å². The number of carbonyl (C=O) groups is 3. The predicted octanol–water partition coefficient (Wildman–Crippen LogP) is 2.35. The number of aliphatic hydroxyl groups excluding tert-OH is 1. The van der Waals surface area contributed by atoms with E-state index in [1.165, 1.54) is 0 Å². The number of carbonyl (C=O) groups excluding carboxylic acids is 3. The van der Waals surface area contributed by atoms with Crippen molar-refractivity contribution >= 4 is 17.7 Å². The van der Waals surface area contributed by atoms with E-state index in [2.05, 4.69) is 12.1 Å². The van der Waals surface area contributed by atoms with Crippen LogP contribution in [0.3, 0.4) is 0 Å². The summed E-state index contributed by atoms with van der Waals surface area (Å²) in [7, 11) is 3.47. The average Bonchev–Trinajstić information content (AvgIpc) is 2.79. The van der Waals surface area contributed by atoms with Crippen molar-refractivity contribution in [3.8, 4) is 11.1 Å². The van der Waals surface area contributed by atoms with E-state index < -0.39 is 0 Å². The maximum Gasteiger partial charge on any atom is 0.253 e. The van der Waals surface area contributed by atoms with Crippen molar-refractivity contribution in [2.75, 3.05) is 33.8 Å². The van der Waals surface area contributed by atoms with Crippen LogP contribution >= 0.6 is 0 Å². The zero-order valence-corrected chi connectivity index (χ0v) is 19.7. The number of hydrogen-bond acceptors (Lipinski definition) is 4. The monoisotopic (exact) mass is 461 g/mol. The van der Waals surface area contributed by atoms with Crippen LogP contribution in [0.15, 0.2) is 48.5 Å². The topological polar surface area (TPSA) is 81.2 Å². The summed E-state index contributed by atoms with van der Waals surface area (Å²) >= 11 is 0. The maximum atomic E-state index is 12.8. The molecular formula is C27H31N3O4. The molecule has 2 aliphatic heterocycles. The third-order valence-electron chi connectivity index (χ3n) is 7.69. The molecule has 2 aromatic carbocycles. The van der Waals surface area contributed by atoms with Crippen LogP contribution < -0.4 is 0 Å². The van der Waals surface area contributed by atoms with Crippen LogP contribution in [0.5, 0.6) is 0 Å². The minimum atomic E-state index is -0.249. The Morgan fingerprint density at radius 1 is 1.00 bits per heavy atom. The van der Waals surface area contributed by atoms with Gasteiger partial charge in [-0.25, -0.2) is 0 Å². The molecule has 2 heterocycles. The Morgan fingerprint density at radius 3 is 2.15 bits per heavy atom. The van der Waals surface area contributed by atoms with Gasteiger partial charge in [0.1, 0.15) is 0 Å². The standard InChI is InChI=1S/C27H31N3O4/c1-28(2)26(33)21-12-8-18(9-13-21)17-6-10-19(11-7-17)25-22-14-29(27(34)20-4-3-5-20)15-24(32)30(22)23(25)16-31/h6-13,20,22-23,25,31H,3-5,14-16H2,1-2H3/t22-,23+,25+/m0/s1. The lowest BCUT2D eigenvalue weighted by Gasteiger charge is -2.59. The lowest BCUT2D eigenvalue weighted by atomic mass is 9.73. The Bertz CT molecular complexity index is 1090. The van der Waals surface area contributed by atoms with Crippen molar-refractivity contribution in [2.24, 2.45) is 5.92 Å². The van der Waals surface area contributed by atoms with Crippen LogP contribution in [0, 0.1) is 5.92 Å². The van der Waals surface area contributed by atoms with Gasteiger partial charge in [0, 0.05) is 38.0 Å². The molecule has 3 amide bonds. The van der Waals surface area contributed by atoms with Crippen LogP contribution in [-0.2, 0) is 9.59 Å². The summed E-state index contributed by atoms with van der Waals surface area (Å²) in [6.45, 7) is 0.568. The highest BCUT2D eigenvalue weighted by Gasteiger charge is 2.54. The number of hydrogen-bond donors (Lipinski definition) is 1. The molecule has 7 heteroatoms. The second kappa shape index (κ2) is 8.87. The highest BCUT2D eigenvalue weighted by atomic mass is 16.3. The van der Waals surface area contributed by atoms with Crippen LogP contribution in [0.1, 0.15) is 41.1 Å². The van der Waals surface area contributed by atoms with Crippen molar-refractivity contribution < 1.29 is 19.5 Å². The Morgan fingerprint density at radius 2 is 1.62 bits per heavy atom. The van der Waals surface area contributed by atoms with E-state index in [0.29, 0.717) is 12.1 Å². The zero-order chi connectivity index (χ0) is 24.0. The van der Waals surface area contributed by atoms with Crippen LogP contribution in [0.2, 0.25) is 0 Å². The second-order valence-electron chi connectivity index (χ2n) is 9.89. The maximum absolute atomic E-state index is 12.8. The SMILES string of the molecule is CN(C)C(=O)c1ccc(-c2ccc([C@H]3[C@@H](CO)N4C(=O)CN(C(=O)C5CCC5)C[C@@H]34)cc2)cc1. The van der Waals surface area contributed by atoms with E-state index >= 15 is 0 Å². The predicted molar refractivity (Wildman–Crippen MR) is 128 cm³/mol. The van der Waals surface area contributed by atoms with E-state index in [9.17, 15) is 19.5 Å². The fourth-order valence-corrected chi connectivity index (χ4v) is 5.54. The van der Waals surface area contributed by atoms with Gasteiger partial charge in [-0.2, -0.15) is 0 Å². The average molecular weight is 462 g/mol. The van der Waals surface area contributed by atoms with Gasteiger partial charge in [0.05, 0.1) is 25.2 Å². The summed E-state index contributed by atoms with van der Waals surface area (Å²) in [6.07, 6.45) is 2.93. The highest BCUT2D eigenvalue weighted by Crippen LogP contribution is 2.44. The molecular weight excluding hydrogens is 430 g/mol. The zero-order valence-electron chi connectivity index (χ0n) is 19.7. The minimum absolute atomic E-state index is 0.0000736. The molecule has 178 valence electrons. The van der Waals surface area contributed by atoms with Crippen molar-refractivity contribution in [2.45, 2.75) is 37.3 Å². The normalized spacial score (nSPS) is 24.2. The molecule has 3 fully saturated rings. The first kappa shape index (κ1) is 22.6. The van der Waals surface area contributed by atoms with Crippen molar-refractivity contribution in [3.05, 3.63) is 59.7 Å². The number of amides is 3. The summed E-state index contributed by atoms with van der Waals surface area (Å²) in [4.78, 5) is 42.8. The quantitative estimate of drug-likeness (QED) is 0.741. The third-order valence-corrected chi connectivity index (χ3v) is 7.69. The molecule has 1 N–H and O–H groups in total. The number of nitrogens with zero attached hydrogens (tertiary/aromatic N) is 3. The van der Waals surface area contributed by atoms with Gasteiger partial charge in [-0.15, -0.1) is 0 Å². The molecule has 0 unspecified atom stereocenters. The van der Waals surface area contributed by atoms with Crippen molar-refractivity contribution in [1.29, 1.82) is 0 Å². The lowest BCUT2D eigenvalue weighted by Crippen LogP contribution is -2.73. The van der Waals surface area contributed by atoms with Crippen LogP contribution in [-0.4, -0.2) is 83.4 Å². The Kier molecular flexibility index (Phi) is 5.90. The fraction of sp³-hybridized carbons (Fsp3) is 0.444. The Balaban J connectivity index is 1.33. The molecule has 2 saturated heterocycles. The summed E-state index contributed by atoms with van der Waals surface area (Å²) < 4.78 is 0. The molecule has 0 bridgehead atoms. The van der Waals surface area contributed by atoms with Gasteiger partial charge in [0.15, 0.2) is 0 Å². The number of benzene rings is 2. The molecule has 5 rings (SSSR count). The van der Waals surface area contributed by atoms with E-state index in [1.807, 2.05) is 36.4 Å². The number of fused-ring (bicyclic) bond motifs is 1. The van der Waals surface area contributed by atoms with Gasteiger partial charge in [0.25, 0.3) is 5.91 Å². The largest absolute Gasteiger partial charge is 0.394 e. The summed E-state index contributed by atoms with van der Waals surface area (Å²) in [5, 5.41) is 10.0. The first-order valence-corrected chi connectivity index (χ1v) is 12.0. The highest BCUT2D eigenvalue weighted by molar-refractivity contribution is 5.94. The van der Waals surface area contributed by atoms with Gasteiger partial charge < -0.3 is 19.8 Å². The number of rotatable bonds is 5. The molecule has 0 aromatic heterocycles. The molecule has 3 aliphatic rings. The molecule has 3 atom stereocenters. The third kappa shape index (κ3) is 3.78. The van der Waals surface area contributed by atoms with Crippen LogP contribution in [0.25, 0.3) is 11.1 Å².